The van der Waals surface area contributed by atoms with E-state index in [2.05, 4.69) is 55.0 Å². The maximum atomic E-state index is 13.0. The molecule has 5 aliphatic carbocycles. The first kappa shape index (κ1) is 30.0. The molecular weight excluding hydrogens is 516 g/mol. The molecule has 6 rings (SSSR count). The monoisotopic (exact) mass is 572 g/mol. The van der Waals surface area contributed by atoms with E-state index >= 15 is 0 Å². The van der Waals surface area contributed by atoms with Gasteiger partial charge < -0.3 is 9.84 Å². The molecule has 1 aromatic carbocycles. The van der Waals surface area contributed by atoms with E-state index in [1.807, 2.05) is 12.1 Å². The average Bonchev–Trinajstić information content (AvgIpc) is 3.28. The van der Waals surface area contributed by atoms with E-state index < -0.39 is 0 Å². The van der Waals surface area contributed by atoms with Gasteiger partial charge in [-0.1, -0.05) is 65.8 Å². The number of phenols is 1. The molecule has 3 heteroatoms. The number of hydrogen-bond acceptors (Lipinski definition) is 3. The Kier molecular flexibility index (Phi) is 7.14. The van der Waals surface area contributed by atoms with Crippen LogP contribution in [-0.4, -0.2) is 17.2 Å². The number of ether oxygens (including phenoxy) is 1. The largest absolute Gasteiger partial charge is 0.508 e. The highest BCUT2D eigenvalue weighted by Gasteiger charge is 2.70. The lowest BCUT2D eigenvalue weighted by Crippen LogP contribution is -2.66. The summed E-state index contributed by atoms with van der Waals surface area (Å²) in [5, 5.41) is 9.54. The predicted molar refractivity (Wildman–Crippen MR) is 172 cm³/mol. The number of benzene rings is 1. The number of fused-ring (bicyclic) bond motifs is 7. The lowest BCUT2D eigenvalue weighted by molar-refractivity contribution is -0.248. The number of carbonyl (C=O) groups excluding carboxylic acids is 1. The maximum absolute atomic E-state index is 13.0. The summed E-state index contributed by atoms with van der Waals surface area (Å²) in [5.74, 6) is 3.57. The minimum absolute atomic E-state index is 0.0598. The van der Waals surface area contributed by atoms with Crippen LogP contribution in [0.5, 0.6) is 5.75 Å². The lowest BCUT2D eigenvalue weighted by atomic mass is 9.32. The molecule has 0 aromatic heterocycles. The van der Waals surface area contributed by atoms with Crippen molar-refractivity contribution >= 4 is 12.0 Å². The van der Waals surface area contributed by atoms with Gasteiger partial charge in [-0.2, -0.15) is 0 Å². The van der Waals surface area contributed by atoms with Gasteiger partial charge in [0.05, 0.1) is 0 Å². The molecule has 0 unspecified atom stereocenters. The Balaban J connectivity index is 1.22. The third-order valence-corrected chi connectivity index (χ3v) is 15.0. The zero-order chi connectivity index (χ0) is 30.3. The molecule has 5 saturated carbocycles. The van der Waals surface area contributed by atoms with Gasteiger partial charge in [0.2, 0.25) is 0 Å². The Morgan fingerprint density at radius 3 is 2.26 bits per heavy atom. The first-order chi connectivity index (χ1) is 19.7. The fraction of sp³-hybridized carbons (Fsp3) is 0.718. The summed E-state index contributed by atoms with van der Waals surface area (Å²) in [6, 6.07) is 6.89. The highest BCUT2D eigenvalue weighted by Crippen LogP contribution is 2.77. The van der Waals surface area contributed by atoms with Gasteiger partial charge in [-0.3, -0.25) is 0 Å². The van der Waals surface area contributed by atoms with Crippen molar-refractivity contribution in [2.75, 3.05) is 0 Å². The minimum atomic E-state index is -0.257. The second-order valence-corrected chi connectivity index (χ2v) is 17.1. The van der Waals surface area contributed by atoms with Crippen LogP contribution in [0, 0.1) is 56.7 Å². The third-order valence-electron chi connectivity index (χ3n) is 15.0. The summed E-state index contributed by atoms with van der Waals surface area (Å²) in [6.45, 7) is 22.3. The fourth-order valence-corrected chi connectivity index (χ4v) is 12.6. The molecule has 3 nitrogen and oxygen atoms in total. The average molecular weight is 573 g/mol. The van der Waals surface area contributed by atoms with Crippen LogP contribution in [0.25, 0.3) is 6.08 Å². The normalized spacial score (nSPS) is 45.8. The van der Waals surface area contributed by atoms with Gasteiger partial charge in [0.1, 0.15) is 11.9 Å². The van der Waals surface area contributed by atoms with Crippen LogP contribution >= 0.6 is 0 Å². The van der Waals surface area contributed by atoms with Gasteiger partial charge in [0.15, 0.2) is 0 Å². The summed E-state index contributed by atoms with van der Waals surface area (Å²) in [6.07, 6.45) is 16.2. The Morgan fingerprint density at radius 2 is 1.57 bits per heavy atom. The van der Waals surface area contributed by atoms with Crippen LogP contribution in [0.1, 0.15) is 118 Å². The van der Waals surface area contributed by atoms with Crippen LogP contribution in [0.3, 0.4) is 0 Å². The topological polar surface area (TPSA) is 46.5 Å². The molecule has 0 amide bonds. The van der Waals surface area contributed by atoms with Crippen LogP contribution in [-0.2, 0) is 9.53 Å². The second-order valence-electron chi connectivity index (χ2n) is 17.1. The summed E-state index contributed by atoms with van der Waals surface area (Å²) in [4.78, 5) is 13.0. The molecule has 0 radical (unpaired) electrons. The highest BCUT2D eigenvalue weighted by molar-refractivity contribution is 5.87. The molecule has 0 heterocycles. The quantitative estimate of drug-likeness (QED) is 0.222. The first-order valence-corrected chi connectivity index (χ1v) is 17.0. The van der Waals surface area contributed by atoms with Gasteiger partial charge in [0.25, 0.3) is 0 Å². The van der Waals surface area contributed by atoms with Crippen molar-refractivity contribution in [1.29, 1.82) is 0 Å². The van der Waals surface area contributed by atoms with Crippen molar-refractivity contribution < 1.29 is 14.6 Å². The van der Waals surface area contributed by atoms with Crippen LogP contribution in [0.15, 0.2) is 42.5 Å². The zero-order valence-electron chi connectivity index (χ0n) is 27.5. The van der Waals surface area contributed by atoms with Crippen LogP contribution in [0.2, 0.25) is 0 Å². The van der Waals surface area contributed by atoms with E-state index in [-0.39, 0.29) is 28.7 Å². The fourth-order valence-electron chi connectivity index (χ4n) is 12.6. The SMILES string of the molecule is C=C(C)[C@@H]1CC[C@]2(C)CC[C@]3(C)[C@H](CC[C@@H]4[C@@]5(C)CC[C@H](OC(=O)C=Cc6ccc(O)cc6)C(C)(C)[C@@H]5CC[C@]43C)[C@@H]12. The van der Waals surface area contributed by atoms with Gasteiger partial charge >= 0.3 is 5.97 Å². The van der Waals surface area contributed by atoms with Crippen molar-refractivity contribution in [3.63, 3.8) is 0 Å². The van der Waals surface area contributed by atoms with Crippen molar-refractivity contribution in [1.82, 2.24) is 0 Å². The molecule has 0 spiro atoms. The molecule has 0 aliphatic heterocycles. The maximum Gasteiger partial charge on any atom is 0.331 e. The summed E-state index contributed by atoms with van der Waals surface area (Å²) < 4.78 is 6.22. The Morgan fingerprint density at radius 1 is 0.857 bits per heavy atom. The van der Waals surface area contributed by atoms with Gasteiger partial charge in [0, 0.05) is 11.5 Å². The Labute approximate surface area is 255 Å². The number of phenolic OH excluding ortho intramolecular Hbond substituents is 1. The third kappa shape index (κ3) is 4.29. The first-order valence-electron chi connectivity index (χ1n) is 17.0. The van der Waals surface area contributed by atoms with Crippen molar-refractivity contribution in [3.8, 4) is 5.75 Å². The molecular formula is C39H56O3. The Hall–Kier alpha value is -2.03. The van der Waals surface area contributed by atoms with Gasteiger partial charge in [-0.05, 0) is 146 Å². The Bertz CT molecular complexity index is 1260. The summed E-state index contributed by atoms with van der Waals surface area (Å²) in [7, 11) is 0. The van der Waals surface area contributed by atoms with E-state index in [0.717, 1.165) is 36.2 Å². The molecule has 5 aliphatic rings. The van der Waals surface area contributed by atoms with Crippen molar-refractivity contribution in [3.05, 3.63) is 48.1 Å². The number of esters is 1. The smallest absolute Gasteiger partial charge is 0.331 e. The molecule has 0 bridgehead atoms. The van der Waals surface area contributed by atoms with Crippen molar-refractivity contribution in [2.24, 2.45) is 56.7 Å². The number of carbonyl (C=O) groups is 1. The summed E-state index contributed by atoms with van der Waals surface area (Å²) >= 11 is 0. The highest BCUT2D eigenvalue weighted by atomic mass is 16.5. The summed E-state index contributed by atoms with van der Waals surface area (Å²) in [5.41, 5.74) is 3.78. The molecule has 42 heavy (non-hydrogen) atoms. The molecule has 0 saturated heterocycles. The number of allylic oxidation sites excluding steroid dienone is 1. The molecule has 5 fully saturated rings. The van der Waals surface area contributed by atoms with Crippen LogP contribution in [0.4, 0.5) is 0 Å². The minimum Gasteiger partial charge on any atom is -0.508 e. The van der Waals surface area contributed by atoms with Gasteiger partial charge in [-0.25, -0.2) is 4.79 Å². The predicted octanol–water partition coefficient (Wildman–Crippen LogP) is 9.99. The second kappa shape index (κ2) is 10.00. The van der Waals surface area contributed by atoms with E-state index in [9.17, 15) is 9.90 Å². The number of aromatic hydroxyl groups is 1. The standard InChI is InChI=1S/C39H56O3/c1-25(2)28-17-20-36(5)23-24-38(7)29(34(28)36)14-15-31-37(6)21-19-32(35(3,4)30(37)18-22-39(31,38)8)42-33(41)16-11-26-9-12-27(40)13-10-26/h9-13,16,28-32,34,40H,1,14-15,17-24H2,2-8H3/t28-,29+,30-,31+,32-,34+,36+,37-,38+,39+/m0/s1. The zero-order valence-corrected chi connectivity index (χ0v) is 27.5. The number of hydrogen-bond donors (Lipinski definition) is 1. The molecule has 1 N–H and O–H groups in total. The van der Waals surface area contributed by atoms with E-state index in [1.54, 1.807) is 24.3 Å². The lowest BCUT2D eigenvalue weighted by Gasteiger charge is -2.73. The molecule has 1 aromatic rings. The molecule has 10 atom stereocenters. The number of rotatable bonds is 4. The van der Waals surface area contributed by atoms with Crippen molar-refractivity contribution in [2.45, 2.75) is 119 Å². The van der Waals surface area contributed by atoms with E-state index in [4.69, 9.17) is 4.74 Å². The molecule has 230 valence electrons. The van der Waals surface area contributed by atoms with Gasteiger partial charge in [-0.15, -0.1) is 0 Å². The van der Waals surface area contributed by atoms with E-state index in [0.29, 0.717) is 28.1 Å². The van der Waals surface area contributed by atoms with E-state index in [1.165, 1.54) is 56.9 Å². The van der Waals surface area contributed by atoms with Crippen LogP contribution < -0.4 is 0 Å².